The lowest BCUT2D eigenvalue weighted by Gasteiger charge is -2.36. The molecule has 1 saturated heterocycles. The van der Waals surface area contributed by atoms with E-state index in [0.717, 1.165) is 55.2 Å². The molecule has 2 aliphatic rings. The number of fused-ring (bicyclic) bond motifs is 1. The predicted octanol–water partition coefficient (Wildman–Crippen LogP) is 1.73. The minimum atomic E-state index is -0.119. The van der Waals surface area contributed by atoms with E-state index < -0.39 is 0 Å². The molecule has 110 valence electrons. The third-order valence-corrected chi connectivity index (χ3v) is 4.24. The average molecular weight is 279 g/mol. The van der Waals surface area contributed by atoms with E-state index in [1.807, 2.05) is 12.1 Å². The van der Waals surface area contributed by atoms with Crippen LogP contribution in [0.2, 0.25) is 0 Å². The molecular weight excluding hydrogens is 258 g/mol. The number of hydrogen-bond donors (Lipinski definition) is 1. The zero-order valence-electron chi connectivity index (χ0n) is 12.0. The van der Waals surface area contributed by atoms with Crippen molar-refractivity contribution in [3.05, 3.63) is 17.7 Å². The summed E-state index contributed by atoms with van der Waals surface area (Å²) in [4.78, 5) is 0. The zero-order chi connectivity index (χ0) is 14.0. The number of methoxy groups -OCH3 is 2. The number of ether oxygens (including phenoxy) is 4. The summed E-state index contributed by atoms with van der Waals surface area (Å²) in [6.07, 6.45) is 2.83. The van der Waals surface area contributed by atoms with Gasteiger partial charge in [-0.3, -0.25) is 0 Å². The van der Waals surface area contributed by atoms with Crippen molar-refractivity contribution in [2.45, 2.75) is 24.9 Å². The van der Waals surface area contributed by atoms with Crippen LogP contribution in [0.1, 0.15) is 18.4 Å². The minimum Gasteiger partial charge on any atom is -0.496 e. The van der Waals surface area contributed by atoms with E-state index >= 15 is 0 Å². The highest BCUT2D eigenvalue weighted by Gasteiger charge is 2.33. The van der Waals surface area contributed by atoms with E-state index in [9.17, 15) is 0 Å². The smallest absolute Gasteiger partial charge is 0.231 e. The van der Waals surface area contributed by atoms with Crippen molar-refractivity contribution in [1.29, 1.82) is 0 Å². The first-order valence-corrected chi connectivity index (χ1v) is 6.99. The highest BCUT2D eigenvalue weighted by molar-refractivity contribution is 5.52. The van der Waals surface area contributed by atoms with Gasteiger partial charge in [-0.2, -0.15) is 0 Å². The Morgan fingerprint density at radius 3 is 2.50 bits per heavy atom. The minimum absolute atomic E-state index is 0.119. The fourth-order valence-corrected chi connectivity index (χ4v) is 2.98. The molecule has 0 amide bonds. The molecule has 3 rings (SSSR count). The molecule has 1 fully saturated rings. The maximum Gasteiger partial charge on any atom is 0.231 e. The van der Waals surface area contributed by atoms with E-state index in [1.165, 1.54) is 0 Å². The summed E-state index contributed by atoms with van der Waals surface area (Å²) in [5.74, 6) is 2.38. The molecular formula is C15H21NO4. The van der Waals surface area contributed by atoms with Gasteiger partial charge in [0.1, 0.15) is 5.75 Å². The standard InChI is InChI=1S/C15H21NO4/c1-17-12-8-14-13(19-10-20-14)7-11(12)9-15(18-2)3-5-16-6-4-15/h7-8,16H,3-6,9-10H2,1-2H3. The van der Waals surface area contributed by atoms with Crippen LogP contribution in [-0.2, 0) is 11.2 Å². The van der Waals surface area contributed by atoms with Crippen LogP contribution in [0.25, 0.3) is 0 Å². The van der Waals surface area contributed by atoms with Gasteiger partial charge in [-0.05, 0) is 32.0 Å². The van der Waals surface area contributed by atoms with Crippen LogP contribution < -0.4 is 19.5 Å². The summed E-state index contributed by atoms with van der Waals surface area (Å²) in [6, 6.07) is 3.92. The molecule has 1 aromatic rings. The number of rotatable bonds is 4. The third kappa shape index (κ3) is 2.43. The van der Waals surface area contributed by atoms with Crippen molar-refractivity contribution in [2.75, 3.05) is 34.1 Å². The third-order valence-electron chi connectivity index (χ3n) is 4.24. The molecule has 0 saturated carbocycles. The Bertz CT molecular complexity index is 483. The summed E-state index contributed by atoms with van der Waals surface area (Å²) < 4.78 is 22.2. The Kier molecular flexibility index (Phi) is 3.72. The molecule has 1 N–H and O–H groups in total. The van der Waals surface area contributed by atoms with Crippen molar-refractivity contribution in [2.24, 2.45) is 0 Å². The molecule has 1 aromatic carbocycles. The number of benzene rings is 1. The second kappa shape index (κ2) is 5.50. The summed E-state index contributed by atoms with van der Waals surface area (Å²) in [7, 11) is 3.48. The molecule has 0 radical (unpaired) electrons. The van der Waals surface area contributed by atoms with Gasteiger partial charge in [0.05, 0.1) is 12.7 Å². The van der Waals surface area contributed by atoms with Crippen molar-refractivity contribution < 1.29 is 18.9 Å². The van der Waals surface area contributed by atoms with E-state index in [-0.39, 0.29) is 12.4 Å². The quantitative estimate of drug-likeness (QED) is 0.909. The first kappa shape index (κ1) is 13.5. The highest BCUT2D eigenvalue weighted by Crippen LogP contribution is 2.40. The van der Waals surface area contributed by atoms with Crippen molar-refractivity contribution >= 4 is 0 Å². The Hall–Kier alpha value is -1.46. The van der Waals surface area contributed by atoms with Crippen LogP contribution in [0, 0.1) is 0 Å². The Morgan fingerprint density at radius 1 is 1.15 bits per heavy atom. The van der Waals surface area contributed by atoms with Gasteiger partial charge in [0.25, 0.3) is 0 Å². The van der Waals surface area contributed by atoms with Crippen LogP contribution in [0.3, 0.4) is 0 Å². The van der Waals surface area contributed by atoms with Gasteiger partial charge in [0, 0.05) is 25.2 Å². The van der Waals surface area contributed by atoms with Crippen LogP contribution in [0.5, 0.6) is 17.2 Å². The molecule has 0 aromatic heterocycles. The molecule has 0 unspecified atom stereocenters. The summed E-state index contributed by atoms with van der Waals surface area (Å²) >= 11 is 0. The summed E-state index contributed by atoms with van der Waals surface area (Å²) in [6.45, 7) is 2.25. The Labute approximate surface area is 119 Å². The molecule has 5 nitrogen and oxygen atoms in total. The molecule has 0 atom stereocenters. The molecule has 5 heteroatoms. The van der Waals surface area contributed by atoms with E-state index in [4.69, 9.17) is 18.9 Å². The SMILES string of the molecule is COc1cc2c(cc1CC1(OC)CCNCC1)OCO2. The van der Waals surface area contributed by atoms with Crippen molar-refractivity contribution in [3.63, 3.8) is 0 Å². The highest BCUT2D eigenvalue weighted by atomic mass is 16.7. The maximum atomic E-state index is 5.83. The average Bonchev–Trinajstić information content (AvgIpc) is 2.94. The van der Waals surface area contributed by atoms with E-state index in [2.05, 4.69) is 5.32 Å². The lowest BCUT2D eigenvalue weighted by Crippen LogP contribution is -2.45. The molecule has 2 heterocycles. The van der Waals surface area contributed by atoms with E-state index in [0.29, 0.717) is 0 Å². The fraction of sp³-hybridized carbons (Fsp3) is 0.600. The van der Waals surface area contributed by atoms with Crippen LogP contribution >= 0.6 is 0 Å². The summed E-state index contributed by atoms with van der Waals surface area (Å²) in [5.41, 5.74) is 0.993. The van der Waals surface area contributed by atoms with Crippen molar-refractivity contribution in [3.8, 4) is 17.2 Å². The number of nitrogens with one attached hydrogen (secondary N) is 1. The maximum absolute atomic E-state index is 5.83. The topological polar surface area (TPSA) is 49.0 Å². The lowest BCUT2D eigenvalue weighted by molar-refractivity contribution is -0.0337. The van der Waals surface area contributed by atoms with Crippen LogP contribution in [0.15, 0.2) is 12.1 Å². The van der Waals surface area contributed by atoms with Crippen molar-refractivity contribution in [1.82, 2.24) is 5.32 Å². The van der Waals surface area contributed by atoms with Gasteiger partial charge in [-0.1, -0.05) is 0 Å². The monoisotopic (exact) mass is 279 g/mol. The lowest BCUT2D eigenvalue weighted by atomic mass is 9.85. The second-order valence-corrected chi connectivity index (χ2v) is 5.33. The van der Waals surface area contributed by atoms with Gasteiger partial charge >= 0.3 is 0 Å². The predicted molar refractivity (Wildman–Crippen MR) is 74.7 cm³/mol. The zero-order valence-corrected chi connectivity index (χ0v) is 12.0. The largest absolute Gasteiger partial charge is 0.496 e. The van der Waals surface area contributed by atoms with Gasteiger partial charge in [0.2, 0.25) is 6.79 Å². The first-order valence-electron chi connectivity index (χ1n) is 6.99. The number of piperidine rings is 1. The van der Waals surface area contributed by atoms with Gasteiger partial charge in [0.15, 0.2) is 11.5 Å². The van der Waals surface area contributed by atoms with Crippen LogP contribution in [0.4, 0.5) is 0 Å². The Balaban J connectivity index is 1.89. The molecule has 0 bridgehead atoms. The molecule has 20 heavy (non-hydrogen) atoms. The second-order valence-electron chi connectivity index (χ2n) is 5.33. The van der Waals surface area contributed by atoms with Crippen LogP contribution in [-0.4, -0.2) is 39.7 Å². The normalized spacial score (nSPS) is 19.9. The van der Waals surface area contributed by atoms with Gasteiger partial charge in [-0.15, -0.1) is 0 Å². The first-order chi connectivity index (χ1) is 9.76. The Morgan fingerprint density at radius 2 is 1.85 bits per heavy atom. The molecule has 0 aliphatic carbocycles. The summed E-state index contributed by atoms with van der Waals surface area (Å²) in [5, 5.41) is 3.37. The molecule has 0 spiro atoms. The fourth-order valence-electron chi connectivity index (χ4n) is 2.98. The van der Waals surface area contributed by atoms with Gasteiger partial charge < -0.3 is 24.3 Å². The van der Waals surface area contributed by atoms with E-state index in [1.54, 1.807) is 14.2 Å². The number of hydrogen-bond acceptors (Lipinski definition) is 5. The molecule has 2 aliphatic heterocycles. The van der Waals surface area contributed by atoms with Gasteiger partial charge in [-0.25, -0.2) is 0 Å².